The minimum atomic E-state index is -4.75. The van der Waals surface area contributed by atoms with Crippen LogP contribution in [0.5, 0.6) is 17.2 Å². The molecule has 184 valence electrons. The van der Waals surface area contributed by atoms with E-state index in [0.29, 0.717) is 29.1 Å². The van der Waals surface area contributed by atoms with Gasteiger partial charge in [0.2, 0.25) is 5.75 Å². The normalized spacial score (nSPS) is 14.9. The Bertz CT molecular complexity index is 1410. The average molecular weight is 533 g/mol. The number of alkyl halides is 3. The number of nitrogens with zero attached hydrogens (tertiary/aromatic N) is 2. The summed E-state index contributed by atoms with van der Waals surface area (Å²) in [5.41, 5.74) is -1.18. The summed E-state index contributed by atoms with van der Waals surface area (Å²) in [4.78, 5) is 25.2. The second kappa shape index (κ2) is 9.99. The van der Waals surface area contributed by atoms with Crippen molar-refractivity contribution in [3.63, 3.8) is 0 Å². The highest BCUT2D eigenvalue weighted by atomic mass is 32.2. The Morgan fingerprint density at radius 3 is 2.36 bits per heavy atom. The lowest BCUT2D eigenvalue weighted by molar-refractivity contribution is -0.385. The van der Waals surface area contributed by atoms with Crippen LogP contribution < -0.4 is 14.4 Å². The maximum Gasteiger partial charge on any atom is 0.416 e. The lowest BCUT2D eigenvalue weighted by Gasteiger charge is -2.17. The SMILES string of the molecule is COc1ccccc1N1C(=O)/C(=C\c2ccccc2Oc2ccc(C(F)(F)F)cc2[N+](=O)[O-])SC1=S. The van der Waals surface area contributed by atoms with E-state index in [4.69, 9.17) is 21.7 Å². The van der Waals surface area contributed by atoms with Gasteiger partial charge in [-0.3, -0.25) is 19.8 Å². The van der Waals surface area contributed by atoms with Gasteiger partial charge in [0.25, 0.3) is 5.91 Å². The molecule has 3 aromatic rings. The van der Waals surface area contributed by atoms with E-state index in [1.807, 2.05) is 0 Å². The smallest absolute Gasteiger partial charge is 0.416 e. The molecule has 0 radical (unpaired) electrons. The number of carbonyl (C=O) groups is 1. The van der Waals surface area contributed by atoms with E-state index in [1.54, 1.807) is 42.5 Å². The van der Waals surface area contributed by atoms with Gasteiger partial charge in [-0.25, -0.2) is 0 Å². The van der Waals surface area contributed by atoms with Crippen molar-refractivity contribution in [1.82, 2.24) is 0 Å². The zero-order valence-electron chi connectivity index (χ0n) is 18.3. The number of amides is 1. The predicted molar refractivity (Wildman–Crippen MR) is 133 cm³/mol. The molecule has 7 nitrogen and oxygen atoms in total. The van der Waals surface area contributed by atoms with Gasteiger partial charge in [-0.15, -0.1) is 0 Å². The Morgan fingerprint density at radius 2 is 1.69 bits per heavy atom. The third kappa shape index (κ3) is 5.04. The lowest BCUT2D eigenvalue weighted by Crippen LogP contribution is -2.27. The Balaban J connectivity index is 1.69. The zero-order chi connectivity index (χ0) is 26.0. The number of thiocarbonyl (C=S) groups is 1. The summed E-state index contributed by atoms with van der Waals surface area (Å²) in [6.45, 7) is 0. The second-order valence-corrected chi connectivity index (χ2v) is 8.94. The molecule has 1 aliphatic rings. The molecule has 4 rings (SSSR count). The van der Waals surface area contributed by atoms with Crippen LogP contribution in [0.15, 0.2) is 71.6 Å². The van der Waals surface area contributed by atoms with E-state index in [2.05, 4.69) is 0 Å². The van der Waals surface area contributed by atoms with Gasteiger partial charge in [0.05, 0.1) is 28.2 Å². The number of thioether (sulfide) groups is 1. The van der Waals surface area contributed by atoms with Crippen LogP contribution in [0.2, 0.25) is 0 Å². The minimum Gasteiger partial charge on any atom is -0.495 e. The number of methoxy groups -OCH3 is 1. The average Bonchev–Trinajstić information content (AvgIpc) is 3.12. The highest BCUT2D eigenvalue weighted by Gasteiger charge is 2.36. The maximum atomic E-state index is 13.2. The van der Waals surface area contributed by atoms with E-state index in [-0.39, 0.29) is 20.7 Å². The van der Waals surface area contributed by atoms with Crippen LogP contribution in [0.25, 0.3) is 6.08 Å². The highest BCUT2D eigenvalue weighted by molar-refractivity contribution is 8.27. The Morgan fingerprint density at radius 1 is 1.03 bits per heavy atom. The number of hydrogen-bond acceptors (Lipinski definition) is 7. The first-order chi connectivity index (χ1) is 17.1. The molecular formula is C24H15F3N2O5S2. The molecule has 1 amide bonds. The van der Waals surface area contributed by atoms with Gasteiger partial charge in [0.15, 0.2) is 4.32 Å². The number of para-hydroxylation sites is 3. The van der Waals surface area contributed by atoms with Gasteiger partial charge in [-0.2, -0.15) is 13.2 Å². The molecule has 1 saturated heterocycles. The van der Waals surface area contributed by atoms with E-state index in [9.17, 15) is 28.1 Å². The van der Waals surface area contributed by atoms with E-state index in [1.165, 1.54) is 24.2 Å². The number of ether oxygens (including phenoxy) is 2. The van der Waals surface area contributed by atoms with Crippen molar-refractivity contribution in [2.24, 2.45) is 0 Å². The number of carbonyl (C=O) groups excluding carboxylic acids is 1. The summed E-state index contributed by atoms with van der Waals surface area (Å²) in [5, 5.41) is 11.4. The minimum absolute atomic E-state index is 0.0999. The fourth-order valence-corrected chi connectivity index (χ4v) is 4.64. The predicted octanol–water partition coefficient (Wildman–Crippen LogP) is 6.82. The Hall–Kier alpha value is -3.90. The van der Waals surface area contributed by atoms with E-state index >= 15 is 0 Å². The van der Waals surface area contributed by atoms with Crippen LogP contribution in [0.4, 0.5) is 24.5 Å². The Labute approximate surface area is 212 Å². The van der Waals surface area contributed by atoms with Crippen molar-refractivity contribution in [2.45, 2.75) is 6.18 Å². The summed E-state index contributed by atoms with van der Waals surface area (Å²) in [7, 11) is 1.47. The first-order valence-corrected chi connectivity index (χ1v) is 11.4. The van der Waals surface area contributed by atoms with Crippen LogP contribution >= 0.6 is 24.0 Å². The van der Waals surface area contributed by atoms with E-state index in [0.717, 1.165) is 17.8 Å². The molecule has 0 atom stereocenters. The number of nitro benzene ring substituents is 1. The number of halogens is 3. The molecule has 1 fully saturated rings. The zero-order valence-corrected chi connectivity index (χ0v) is 19.9. The van der Waals surface area contributed by atoms with Gasteiger partial charge in [-0.1, -0.05) is 54.3 Å². The monoisotopic (exact) mass is 532 g/mol. The summed E-state index contributed by atoms with van der Waals surface area (Å²) in [6.07, 6.45) is -3.25. The van der Waals surface area contributed by atoms with Crippen LogP contribution in [0, 0.1) is 10.1 Å². The quantitative estimate of drug-likeness (QED) is 0.149. The molecule has 0 unspecified atom stereocenters. The molecule has 0 saturated carbocycles. The largest absolute Gasteiger partial charge is 0.495 e. The van der Waals surface area contributed by atoms with Gasteiger partial charge < -0.3 is 9.47 Å². The molecule has 3 aromatic carbocycles. The van der Waals surface area contributed by atoms with E-state index < -0.39 is 28.3 Å². The van der Waals surface area contributed by atoms with Crippen LogP contribution in [0.3, 0.4) is 0 Å². The first kappa shape index (κ1) is 25.2. The topological polar surface area (TPSA) is 81.9 Å². The molecule has 0 spiro atoms. The maximum absolute atomic E-state index is 13.2. The van der Waals surface area contributed by atoms with Crippen LogP contribution in [-0.4, -0.2) is 22.3 Å². The molecule has 1 aliphatic heterocycles. The molecule has 1 heterocycles. The van der Waals surface area contributed by atoms with Crippen molar-refractivity contribution in [3.8, 4) is 17.2 Å². The molecule has 12 heteroatoms. The van der Waals surface area contributed by atoms with Crippen molar-refractivity contribution < 1.29 is 32.4 Å². The molecule has 0 bridgehead atoms. The highest BCUT2D eigenvalue weighted by Crippen LogP contribution is 2.42. The van der Waals surface area contributed by atoms with Crippen molar-refractivity contribution >= 4 is 51.7 Å². The van der Waals surface area contributed by atoms with Crippen molar-refractivity contribution in [3.05, 3.63) is 92.9 Å². The molecule has 0 aromatic heterocycles. The van der Waals surface area contributed by atoms with Crippen LogP contribution in [0.1, 0.15) is 11.1 Å². The number of rotatable bonds is 6. The Kier molecular flexibility index (Phi) is 7.00. The summed E-state index contributed by atoms with van der Waals surface area (Å²) >= 11 is 6.44. The van der Waals surface area contributed by atoms with Gasteiger partial charge in [0.1, 0.15) is 11.5 Å². The fourth-order valence-electron chi connectivity index (χ4n) is 3.37. The van der Waals surface area contributed by atoms with Gasteiger partial charge >= 0.3 is 11.9 Å². The summed E-state index contributed by atoms with van der Waals surface area (Å²) in [5.74, 6) is -0.239. The third-order valence-electron chi connectivity index (χ3n) is 5.03. The lowest BCUT2D eigenvalue weighted by atomic mass is 10.1. The number of anilines is 1. The summed E-state index contributed by atoms with van der Waals surface area (Å²) < 4.78 is 50.3. The molecule has 0 N–H and O–H groups in total. The first-order valence-electron chi connectivity index (χ1n) is 10.1. The van der Waals surface area contributed by atoms with Gasteiger partial charge in [0, 0.05) is 11.6 Å². The fraction of sp³-hybridized carbons (Fsp3) is 0.0833. The van der Waals surface area contributed by atoms with Gasteiger partial charge in [-0.05, 0) is 36.4 Å². The van der Waals surface area contributed by atoms with Crippen LogP contribution in [-0.2, 0) is 11.0 Å². The molecular weight excluding hydrogens is 517 g/mol. The standard InChI is InChI=1S/C24H15F3N2O5S2/c1-33-19-9-5-3-7-16(19)28-22(30)21(36-23(28)35)12-14-6-2-4-8-18(14)34-20-11-10-15(24(25,26)27)13-17(20)29(31)32/h2-13H,1H3/b21-12+. The molecule has 0 aliphatic carbocycles. The number of benzene rings is 3. The van der Waals surface area contributed by atoms with Crippen molar-refractivity contribution in [1.29, 1.82) is 0 Å². The second-order valence-electron chi connectivity index (χ2n) is 7.27. The van der Waals surface area contributed by atoms with Crippen molar-refractivity contribution in [2.75, 3.05) is 12.0 Å². The third-order valence-corrected chi connectivity index (χ3v) is 6.33. The number of nitro groups is 1. The summed E-state index contributed by atoms with van der Waals surface area (Å²) in [6, 6.07) is 15.2. The molecule has 36 heavy (non-hydrogen) atoms. The number of hydrogen-bond donors (Lipinski definition) is 0.